The lowest BCUT2D eigenvalue weighted by atomic mass is 9.96. The van der Waals surface area contributed by atoms with Gasteiger partial charge in [-0.3, -0.25) is 4.79 Å². The quantitative estimate of drug-likeness (QED) is 0.618. The molecule has 1 aliphatic heterocycles. The number of hydrogen-bond donors (Lipinski definition) is 2. The maximum absolute atomic E-state index is 10.9. The molecule has 1 fully saturated rings. The van der Waals surface area contributed by atoms with Crippen LogP contribution in [-0.4, -0.2) is 23.7 Å². The molecule has 0 radical (unpaired) electrons. The Kier molecular flexibility index (Phi) is 2.88. The molecule has 0 spiro atoms. The Morgan fingerprint density at radius 3 is 3.00 bits per heavy atom. The number of amides is 1. The fraction of sp³-hybridized carbons (Fsp3) is 0.875. The van der Waals surface area contributed by atoms with Crippen molar-refractivity contribution in [3.8, 4) is 0 Å². The molecule has 3 heteroatoms. The fourth-order valence-electron chi connectivity index (χ4n) is 1.64. The Morgan fingerprint density at radius 1 is 1.73 bits per heavy atom. The van der Waals surface area contributed by atoms with Gasteiger partial charge in [-0.1, -0.05) is 13.3 Å². The van der Waals surface area contributed by atoms with E-state index >= 15 is 0 Å². The second kappa shape index (κ2) is 3.72. The van der Waals surface area contributed by atoms with Gasteiger partial charge in [-0.25, -0.2) is 0 Å². The van der Waals surface area contributed by atoms with Crippen molar-refractivity contribution in [2.45, 2.75) is 32.2 Å². The zero-order chi connectivity index (χ0) is 8.27. The highest BCUT2D eigenvalue weighted by Gasteiger charge is 2.29. The molecule has 0 aliphatic carbocycles. The molecule has 0 aromatic heterocycles. The average Bonchev–Trinajstić information content (AvgIpc) is 2.32. The lowest BCUT2D eigenvalue weighted by Crippen LogP contribution is -2.29. The Bertz CT molecular complexity index is 147. The van der Waals surface area contributed by atoms with Crippen LogP contribution in [0.2, 0.25) is 0 Å². The van der Waals surface area contributed by atoms with Gasteiger partial charge in [-0.15, -0.1) is 0 Å². The Balaban J connectivity index is 2.43. The van der Waals surface area contributed by atoms with Gasteiger partial charge < -0.3 is 10.4 Å². The van der Waals surface area contributed by atoms with E-state index in [-0.39, 0.29) is 18.6 Å². The minimum atomic E-state index is 0.135. The van der Waals surface area contributed by atoms with E-state index in [0.29, 0.717) is 18.8 Å². The molecular weight excluding hydrogens is 142 g/mol. The summed E-state index contributed by atoms with van der Waals surface area (Å²) in [7, 11) is 0. The molecule has 1 heterocycles. The van der Waals surface area contributed by atoms with Gasteiger partial charge in [0.25, 0.3) is 0 Å². The van der Waals surface area contributed by atoms with E-state index in [1.54, 1.807) is 0 Å². The van der Waals surface area contributed by atoms with Gasteiger partial charge in [0, 0.05) is 19.1 Å². The molecule has 0 unspecified atom stereocenters. The summed E-state index contributed by atoms with van der Waals surface area (Å²) in [4.78, 5) is 10.9. The molecule has 64 valence electrons. The molecule has 0 bridgehead atoms. The maximum Gasteiger partial charge on any atom is 0.220 e. The summed E-state index contributed by atoms with van der Waals surface area (Å²) in [6.45, 7) is 2.25. The largest absolute Gasteiger partial charge is 0.396 e. The number of aliphatic hydroxyl groups is 1. The van der Waals surface area contributed by atoms with E-state index in [2.05, 4.69) is 12.2 Å². The molecule has 0 saturated carbocycles. The molecule has 1 aliphatic rings. The highest BCUT2D eigenvalue weighted by atomic mass is 16.3. The van der Waals surface area contributed by atoms with Gasteiger partial charge >= 0.3 is 0 Å². The highest BCUT2D eigenvalue weighted by Crippen LogP contribution is 2.21. The topological polar surface area (TPSA) is 49.3 Å². The van der Waals surface area contributed by atoms with E-state index in [1.165, 1.54) is 0 Å². The van der Waals surface area contributed by atoms with Gasteiger partial charge in [0.05, 0.1) is 0 Å². The average molecular weight is 157 g/mol. The van der Waals surface area contributed by atoms with Crippen molar-refractivity contribution in [2.24, 2.45) is 5.92 Å². The maximum atomic E-state index is 10.9. The first kappa shape index (κ1) is 8.53. The number of nitrogens with one attached hydrogen (secondary N) is 1. The Morgan fingerprint density at radius 2 is 2.45 bits per heavy atom. The smallest absolute Gasteiger partial charge is 0.220 e. The van der Waals surface area contributed by atoms with Crippen LogP contribution >= 0.6 is 0 Å². The minimum absolute atomic E-state index is 0.135. The van der Waals surface area contributed by atoms with Crippen molar-refractivity contribution in [1.29, 1.82) is 0 Å². The van der Waals surface area contributed by atoms with Crippen LogP contribution in [0, 0.1) is 5.92 Å². The summed E-state index contributed by atoms with van der Waals surface area (Å²) in [6, 6.07) is 0.220. The second-order valence-electron chi connectivity index (χ2n) is 3.06. The number of hydrogen-bond acceptors (Lipinski definition) is 2. The zero-order valence-corrected chi connectivity index (χ0v) is 6.84. The van der Waals surface area contributed by atoms with Gasteiger partial charge in [0.15, 0.2) is 0 Å². The van der Waals surface area contributed by atoms with E-state index < -0.39 is 0 Å². The Hall–Kier alpha value is -0.570. The number of rotatable bonds is 3. The summed E-state index contributed by atoms with van der Waals surface area (Å²) in [5.41, 5.74) is 0. The van der Waals surface area contributed by atoms with E-state index in [1.807, 2.05) is 0 Å². The monoisotopic (exact) mass is 157 g/mol. The summed E-state index contributed by atoms with van der Waals surface area (Å²) in [5.74, 6) is 0.574. The predicted octanol–water partition coefficient (Wildman–Crippen LogP) is 0.283. The zero-order valence-electron chi connectivity index (χ0n) is 6.84. The lowest BCUT2D eigenvalue weighted by molar-refractivity contribution is -0.119. The summed E-state index contributed by atoms with van der Waals surface area (Å²) in [6.07, 6.45) is 2.36. The third kappa shape index (κ3) is 1.93. The summed E-state index contributed by atoms with van der Waals surface area (Å²) < 4.78 is 0. The first-order chi connectivity index (χ1) is 5.27. The van der Waals surface area contributed by atoms with E-state index in [0.717, 1.165) is 6.42 Å². The third-order valence-electron chi connectivity index (χ3n) is 2.33. The van der Waals surface area contributed by atoms with E-state index in [9.17, 15) is 4.79 Å². The summed E-state index contributed by atoms with van der Waals surface area (Å²) >= 11 is 0. The third-order valence-corrected chi connectivity index (χ3v) is 2.33. The van der Waals surface area contributed by atoms with Crippen molar-refractivity contribution < 1.29 is 9.90 Å². The SMILES string of the molecule is CC[C@@H]1CC(=O)N[C@@H]1CCO. The standard InChI is InChI=1S/C8H15NO2/c1-2-6-5-8(11)9-7(6)3-4-10/h6-7,10H,2-5H2,1H3,(H,9,11)/t6-,7-/m1/s1. The first-order valence-electron chi connectivity index (χ1n) is 4.18. The number of carbonyl (C=O) groups is 1. The van der Waals surface area contributed by atoms with Crippen molar-refractivity contribution in [1.82, 2.24) is 5.32 Å². The van der Waals surface area contributed by atoms with Crippen LogP contribution in [0.1, 0.15) is 26.2 Å². The predicted molar refractivity (Wildman–Crippen MR) is 42.0 cm³/mol. The van der Waals surface area contributed by atoms with Crippen molar-refractivity contribution in [3.05, 3.63) is 0 Å². The molecule has 0 aromatic rings. The van der Waals surface area contributed by atoms with Crippen LogP contribution in [0.5, 0.6) is 0 Å². The molecule has 2 atom stereocenters. The van der Waals surface area contributed by atoms with Crippen LogP contribution in [-0.2, 0) is 4.79 Å². The van der Waals surface area contributed by atoms with Crippen molar-refractivity contribution in [3.63, 3.8) is 0 Å². The van der Waals surface area contributed by atoms with Gasteiger partial charge in [-0.05, 0) is 12.3 Å². The van der Waals surface area contributed by atoms with Gasteiger partial charge in [0.2, 0.25) is 5.91 Å². The molecule has 0 aromatic carbocycles. The van der Waals surface area contributed by atoms with Gasteiger partial charge in [0.1, 0.15) is 0 Å². The fourth-order valence-corrected chi connectivity index (χ4v) is 1.64. The molecule has 1 amide bonds. The van der Waals surface area contributed by atoms with Crippen LogP contribution in [0.3, 0.4) is 0 Å². The number of carbonyl (C=O) groups excluding carboxylic acids is 1. The molecule has 1 rings (SSSR count). The molecule has 3 nitrogen and oxygen atoms in total. The van der Waals surface area contributed by atoms with Crippen LogP contribution < -0.4 is 5.32 Å². The van der Waals surface area contributed by atoms with Crippen molar-refractivity contribution >= 4 is 5.91 Å². The summed E-state index contributed by atoms with van der Waals surface area (Å²) in [5, 5.41) is 11.5. The van der Waals surface area contributed by atoms with Crippen molar-refractivity contribution in [2.75, 3.05) is 6.61 Å². The molecule has 11 heavy (non-hydrogen) atoms. The second-order valence-corrected chi connectivity index (χ2v) is 3.06. The van der Waals surface area contributed by atoms with Gasteiger partial charge in [-0.2, -0.15) is 0 Å². The molecular formula is C8H15NO2. The molecule has 2 N–H and O–H groups in total. The number of aliphatic hydroxyl groups excluding tert-OH is 1. The minimum Gasteiger partial charge on any atom is -0.396 e. The van der Waals surface area contributed by atoms with E-state index in [4.69, 9.17) is 5.11 Å². The lowest BCUT2D eigenvalue weighted by Gasteiger charge is -2.15. The Labute approximate surface area is 66.8 Å². The van der Waals surface area contributed by atoms with Crippen LogP contribution in [0.4, 0.5) is 0 Å². The molecule has 1 saturated heterocycles. The van der Waals surface area contributed by atoms with Crippen LogP contribution in [0.15, 0.2) is 0 Å². The normalized spacial score (nSPS) is 30.5. The highest BCUT2D eigenvalue weighted by molar-refractivity contribution is 5.78. The first-order valence-corrected chi connectivity index (χ1v) is 4.18. The van der Waals surface area contributed by atoms with Crippen LogP contribution in [0.25, 0.3) is 0 Å².